The van der Waals surface area contributed by atoms with E-state index in [1.54, 1.807) is 0 Å². The van der Waals surface area contributed by atoms with Crippen molar-refractivity contribution in [3.05, 3.63) is 0 Å². The molecule has 0 saturated heterocycles. The van der Waals surface area contributed by atoms with E-state index < -0.39 is 36.4 Å². The van der Waals surface area contributed by atoms with Crippen molar-refractivity contribution in [2.24, 2.45) is 0 Å². The zero-order chi connectivity index (χ0) is 10.6. The average molecular weight is 317 g/mol. The molecule has 0 fully saturated rings. The van der Waals surface area contributed by atoms with Crippen molar-refractivity contribution in [2.45, 2.75) is 18.4 Å². The standard InChI is InChI=1S/C6H7O7.Ag.3Li/c7-3(8)1-6(13,5(11)12)2-4(9)10;;;;/h1-2H2,(H,7,8)(H,9,10)(H,11,12);;;;/q-1;4*+1/p-3. The van der Waals surface area contributed by atoms with E-state index in [1.165, 1.54) is 0 Å². The summed E-state index contributed by atoms with van der Waals surface area (Å²) in [5, 5.41) is 40.8. The maximum absolute atomic E-state index is 10.9. The van der Waals surface area contributed by atoms with Crippen molar-refractivity contribution >= 4 is 17.9 Å². The molecule has 0 radical (unpaired) electrons. The maximum atomic E-state index is 10.9. The van der Waals surface area contributed by atoms with E-state index in [4.69, 9.17) is 0 Å². The Bertz CT molecular complexity index is 244. The van der Waals surface area contributed by atoms with E-state index in [0.29, 0.717) is 0 Å². The minimum Gasteiger partial charge on any atom is -0.845 e. The molecule has 11 heteroatoms. The molecule has 0 aliphatic carbocycles. The second-order valence-corrected chi connectivity index (χ2v) is 2.38. The van der Waals surface area contributed by atoms with Crippen molar-refractivity contribution in [1.29, 1.82) is 0 Å². The Kier molecular flexibility index (Phi) is 24.1. The third-order valence-electron chi connectivity index (χ3n) is 1.23. The number of carboxylic acids is 3. The fraction of sp³-hybridized carbons (Fsp3) is 0.500. The first kappa shape index (κ1) is 30.7. The predicted molar refractivity (Wildman–Crippen MR) is 27.0 cm³/mol. The Morgan fingerprint density at radius 2 is 1.06 bits per heavy atom. The summed E-state index contributed by atoms with van der Waals surface area (Å²) in [4.78, 5) is 29.9. The van der Waals surface area contributed by atoms with Crippen LogP contribution in [-0.2, 0) is 36.8 Å². The first-order valence-electron chi connectivity index (χ1n) is 3.09. The molecule has 0 heterocycles. The van der Waals surface area contributed by atoms with Gasteiger partial charge in [0.1, 0.15) is 0 Å². The zero-order valence-electron chi connectivity index (χ0n) is 9.57. The third-order valence-corrected chi connectivity index (χ3v) is 1.23. The zero-order valence-corrected chi connectivity index (χ0v) is 11.1. The number of hydrogen-bond acceptors (Lipinski definition) is 7. The van der Waals surface area contributed by atoms with Crippen LogP contribution < -0.4 is 77.0 Å². The topological polar surface area (TPSA) is 143 Å². The molecule has 0 aliphatic rings. The molecule has 17 heavy (non-hydrogen) atoms. The molecule has 0 rings (SSSR count). The SMILES string of the molecule is O=C([O-])CC([O-])(CC(=O)[O-])C(=O)[O-].[Ag+].[Li+].[Li+].[Li+]. The summed E-state index contributed by atoms with van der Waals surface area (Å²) < 4.78 is 0. The van der Waals surface area contributed by atoms with Gasteiger partial charge in [-0.3, -0.25) is 0 Å². The van der Waals surface area contributed by atoms with Crippen LogP contribution in [0.3, 0.4) is 0 Å². The van der Waals surface area contributed by atoms with Crippen LogP contribution in [0.15, 0.2) is 0 Å². The first-order chi connectivity index (χ1) is 5.78. The monoisotopic (exact) mass is 316 g/mol. The number of carboxylic acid groups (broad SMARTS) is 3. The number of rotatable bonds is 5. The number of carbonyl (C=O) groups is 3. The van der Waals surface area contributed by atoms with Crippen LogP contribution in [0.2, 0.25) is 0 Å². The molecule has 0 N–H and O–H groups in total. The van der Waals surface area contributed by atoms with E-state index >= 15 is 0 Å². The van der Waals surface area contributed by atoms with Crippen LogP contribution in [0, 0.1) is 0 Å². The van der Waals surface area contributed by atoms with Gasteiger partial charge < -0.3 is 34.8 Å². The van der Waals surface area contributed by atoms with Crippen LogP contribution >= 0.6 is 0 Å². The first-order valence-corrected chi connectivity index (χ1v) is 3.09. The second kappa shape index (κ2) is 13.3. The second-order valence-electron chi connectivity index (χ2n) is 2.38. The van der Waals surface area contributed by atoms with Gasteiger partial charge in [0.15, 0.2) is 0 Å². The number of carbonyl (C=O) groups excluding carboxylic acids is 3. The Morgan fingerprint density at radius 1 is 0.824 bits per heavy atom. The third kappa shape index (κ3) is 13.1. The van der Waals surface area contributed by atoms with Gasteiger partial charge >= 0.3 is 79.0 Å². The fourth-order valence-corrected chi connectivity index (χ4v) is 0.673. The van der Waals surface area contributed by atoms with E-state index in [0.717, 1.165) is 0 Å². The van der Waals surface area contributed by atoms with Gasteiger partial charge in [-0.2, -0.15) is 0 Å². The quantitative estimate of drug-likeness (QED) is 0.458. The molecule has 84 valence electrons. The molecule has 0 aliphatic heterocycles. The molecular weight excluding hydrogens is 313 g/mol. The molecule has 0 aromatic rings. The van der Waals surface area contributed by atoms with Gasteiger partial charge in [0, 0.05) is 17.9 Å². The smallest absolute Gasteiger partial charge is 0.845 e. The summed E-state index contributed by atoms with van der Waals surface area (Å²) in [7, 11) is 0. The molecule has 0 saturated carbocycles. The van der Waals surface area contributed by atoms with Crippen molar-refractivity contribution in [3.63, 3.8) is 0 Å². The molecule has 0 amide bonds. The van der Waals surface area contributed by atoms with Crippen LogP contribution in [0.4, 0.5) is 0 Å². The Balaban J connectivity index is -0.000000120. The van der Waals surface area contributed by atoms with E-state index in [2.05, 4.69) is 0 Å². The summed E-state index contributed by atoms with van der Waals surface area (Å²) in [6.07, 6.45) is -2.94. The van der Waals surface area contributed by atoms with Gasteiger partial charge in [-0.1, -0.05) is 5.60 Å². The Labute approximate surface area is 149 Å². The van der Waals surface area contributed by atoms with Crippen molar-refractivity contribution < 1.29 is 114 Å². The van der Waals surface area contributed by atoms with Gasteiger partial charge in [-0.05, 0) is 12.8 Å². The van der Waals surface area contributed by atoms with E-state index in [1.807, 2.05) is 0 Å². The molecular formula is C6H4AgLi3O7. The molecule has 0 atom stereocenters. The van der Waals surface area contributed by atoms with E-state index in [-0.39, 0.29) is 79.0 Å². The molecule has 0 unspecified atom stereocenters. The van der Waals surface area contributed by atoms with Gasteiger partial charge in [-0.15, -0.1) is 0 Å². The summed E-state index contributed by atoms with van der Waals surface area (Å²) in [6, 6.07) is 0. The summed E-state index contributed by atoms with van der Waals surface area (Å²) in [5.74, 6) is -6.22. The van der Waals surface area contributed by atoms with Crippen LogP contribution in [0.25, 0.3) is 0 Å². The minimum atomic E-state index is -3.22. The Morgan fingerprint density at radius 3 is 1.18 bits per heavy atom. The minimum absolute atomic E-state index is 0. The molecule has 0 bridgehead atoms. The van der Waals surface area contributed by atoms with Gasteiger partial charge in [0.2, 0.25) is 0 Å². The summed E-state index contributed by atoms with van der Waals surface area (Å²) in [5.41, 5.74) is -3.22. The molecule has 0 aromatic carbocycles. The average Bonchev–Trinajstić information content (AvgIpc) is 1.82. The summed E-state index contributed by atoms with van der Waals surface area (Å²) in [6.45, 7) is 0. The van der Waals surface area contributed by atoms with Crippen molar-refractivity contribution in [1.82, 2.24) is 0 Å². The molecule has 0 spiro atoms. The number of hydrogen-bond donors (Lipinski definition) is 0. The van der Waals surface area contributed by atoms with Gasteiger partial charge in [0.25, 0.3) is 0 Å². The normalized spacial score (nSPS) is 8.29. The van der Waals surface area contributed by atoms with Crippen LogP contribution in [-0.4, -0.2) is 23.5 Å². The summed E-state index contributed by atoms with van der Waals surface area (Å²) >= 11 is 0. The Hall–Kier alpha value is 0.902. The van der Waals surface area contributed by atoms with Crippen LogP contribution in [0.5, 0.6) is 0 Å². The van der Waals surface area contributed by atoms with Gasteiger partial charge in [0.05, 0.1) is 0 Å². The predicted octanol–water partition coefficient (Wildman–Crippen LogP) is -14.9. The van der Waals surface area contributed by atoms with Gasteiger partial charge in [-0.25, -0.2) is 0 Å². The van der Waals surface area contributed by atoms with E-state index in [9.17, 15) is 34.8 Å². The van der Waals surface area contributed by atoms with Crippen LogP contribution in [0.1, 0.15) is 12.8 Å². The van der Waals surface area contributed by atoms with Crippen molar-refractivity contribution in [3.8, 4) is 0 Å². The largest absolute Gasteiger partial charge is 1.00 e. The fourth-order valence-electron chi connectivity index (χ4n) is 0.673. The van der Waals surface area contributed by atoms with Crippen molar-refractivity contribution in [2.75, 3.05) is 0 Å². The molecule has 7 nitrogen and oxygen atoms in total. The number of aliphatic carboxylic acids is 3. The molecule has 0 aromatic heterocycles. The maximum Gasteiger partial charge on any atom is 1.00 e.